The molecule has 80 valence electrons. The fourth-order valence-corrected chi connectivity index (χ4v) is 2.34. The van der Waals surface area contributed by atoms with E-state index in [-0.39, 0.29) is 0 Å². The normalized spacial score (nSPS) is 10.8. The summed E-state index contributed by atoms with van der Waals surface area (Å²) in [5.41, 5.74) is 2.58. The van der Waals surface area contributed by atoms with Crippen LogP contribution in [0.5, 0.6) is 0 Å². The molecule has 0 amide bonds. The maximum absolute atomic E-state index is 5.35. The Hall–Kier alpha value is -1.06. The van der Waals surface area contributed by atoms with Crippen molar-refractivity contribution in [3.8, 4) is 0 Å². The molecule has 0 aliphatic rings. The van der Waals surface area contributed by atoms with Crippen molar-refractivity contribution < 1.29 is 4.42 Å². The molecule has 2 aromatic heterocycles. The van der Waals surface area contributed by atoms with Gasteiger partial charge in [0.05, 0.1) is 12.8 Å². The lowest BCUT2D eigenvalue weighted by molar-refractivity contribution is 0.480. The third-order valence-corrected chi connectivity index (χ3v) is 3.53. The van der Waals surface area contributed by atoms with E-state index in [4.69, 9.17) is 4.42 Å². The van der Waals surface area contributed by atoms with Crippen molar-refractivity contribution >= 4 is 11.3 Å². The van der Waals surface area contributed by atoms with Gasteiger partial charge in [-0.05, 0) is 42.5 Å². The number of hydrogen-bond acceptors (Lipinski definition) is 3. The highest BCUT2D eigenvalue weighted by atomic mass is 32.1. The van der Waals surface area contributed by atoms with Crippen LogP contribution in [0.15, 0.2) is 28.2 Å². The van der Waals surface area contributed by atoms with E-state index >= 15 is 0 Å². The molecule has 15 heavy (non-hydrogen) atoms. The van der Waals surface area contributed by atoms with Gasteiger partial charge in [-0.15, -0.1) is 11.3 Å². The maximum atomic E-state index is 5.35. The second kappa shape index (κ2) is 4.64. The molecule has 1 N–H and O–H groups in total. The number of furan rings is 1. The van der Waals surface area contributed by atoms with Crippen LogP contribution in [-0.2, 0) is 13.1 Å². The molecule has 0 aromatic carbocycles. The molecular formula is C12H15NOS. The fraction of sp³-hybridized carbons (Fsp3) is 0.333. The molecule has 0 saturated carbocycles. The number of thiophene rings is 1. The Morgan fingerprint density at radius 3 is 2.67 bits per heavy atom. The van der Waals surface area contributed by atoms with Gasteiger partial charge in [0.2, 0.25) is 0 Å². The van der Waals surface area contributed by atoms with Crippen molar-refractivity contribution in [2.45, 2.75) is 26.9 Å². The van der Waals surface area contributed by atoms with Crippen LogP contribution in [-0.4, -0.2) is 0 Å². The van der Waals surface area contributed by atoms with Gasteiger partial charge >= 0.3 is 0 Å². The van der Waals surface area contributed by atoms with Crippen molar-refractivity contribution in [3.63, 3.8) is 0 Å². The summed E-state index contributed by atoms with van der Waals surface area (Å²) in [4.78, 5) is 1.40. The van der Waals surface area contributed by atoms with E-state index in [1.165, 1.54) is 16.0 Å². The van der Waals surface area contributed by atoms with Gasteiger partial charge in [-0.3, -0.25) is 0 Å². The molecule has 0 aliphatic heterocycles. The highest BCUT2D eigenvalue weighted by Crippen LogP contribution is 2.15. The van der Waals surface area contributed by atoms with Gasteiger partial charge < -0.3 is 9.73 Å². The summed E-state index contributed by atoms with van der Waals surface area (Å²) in [5.74, 6) is 1.03. The lowest BCUT2D eigenvalue weighted by Crippen LogP contribution is -2.12. The minimum Gasteiger partial charge on any atom is -0.468 e. The Morgan fingerprint density at radius 2 is 2.07 bits per heavy atom. The SMILES string of the molecule is Cc1ccoc1CNCc1sccc1C. The van der Waals surface area contributed by atoms with Crippen molar-refractivity contribution in [1.29, 1.82) is 0 Å². The van der Waals surface area contributed by atoms with Gasteiger partial charge in [0.25, 0.3) is 0 Å². The number of rotatable bonds is 4. The molecule has 0 radical (unpaired) electrons. The van der Waals surface area contributed by atoms with Gasteiger partial charge in [0, 0.05) is 11.4 Å². The van der Waals surface area contributed by atoms with E-state index < -0.39 is 0 Å². The summed E-state index contributed by atoms with van der Waals surface area (Å²) in [7, 11) is 0. The summed E-state index contributed by atoms with van der Waals surface area (Å²) in [6, 6.07) is 4.15. The van der Waals surface area contributed by atoms with Crippen LogP contribution in [0.2, 0.25) is 0 Å². The fourth-order valence-electron chi connectivity index (χ4n) is 1.46. The molecule has 0 aliphatic carbocycles. The van der Waals surface area contributed by atoms with Crippen molar-refractivity contribution in [1.82, 2.24) is 5.32 Å². The van der Waals surface area contributed by atoms with Gasteiger partial charge in [-0.1, -0.05) is 0 Å². The number of nitrogens with one attached hydrogen (secondary N) is 1. The molecular weight excluding hydrogens is 206 g/mol. The second-order valence-corrected chi connectivity index (χ2v) is 4.66. The zero-order valence-electron chi connectivity index (χ0n) is 9.04. The van der Waals surface area contributed by atoms with E-state index in [0.717, 1.165) is 18.8 Å². The molecule has 0 saturated heterocycles. The molecule has 0 fully saturated rings. The third kappa shape index (κ3) is 2.49. The molecule has 0 unspecified atom stereocenters. The first-order chi connectivity index (χ1) is 7.27. The van der Waals surface area contributed by atoms with Crippen molar-refractivity contribution in [2.75, 3.05) is 0 Å². The second-order valence-electron chi connectivity index (χ2n) is 3.66. The lowest BCUT2D eigenvalue weighted by Gasteiger charge is -2.02. The summed E-state index contributed by atoms with van der Waals surface area (Å²) >= 11 is 1.80. The van der Waals surface area contributed by atoms with Crippen LogP contribution in [0.3, 0.4) is 0 Å². The molecule has 3 heteroatoms. The van der Waals surface area contributed by atoms with E-state index in [0.29, 0.717) is 0 Å². The topological polar surface area (TPSA) is 25.2 Å². The molecule has 2 rings (SSSR count). The summed E-state index contributed by atoms with van der Waals surface area (Å²) < 4.78 is 5.35. The molecule has 2 heterocycles. The van der Waals surface area contributed by atoms with Crippen molar-refractivity contribution in [3.05, 3.63) is 45.5 Å². The highest BCUT2D eigenvalue weighted by molar-refractivity contribution is 7.10. The quantitative estimate of drug-likeness (QED) is 0.857. The average molecular weight is 221 g/mol. The summed E-state index contributed by atoms with van der Waals surface area (Å²) in [5, 5.41) is 5.52. The van der Waals surface area contributed by atoms with E-state index in [1.807, 2.05) is 6.07 Å². The Labute approximate surface area is 93.9 Å². The Morgan fingerprint density at radius 1 is 1.20 bits per heavy atom. The average Bonchev–Trinajstić information content (AvgIpc) is 2.78. The Bertz CT molecular complexity index is 390. The molecule has 2 aromatic rings. The van der Waals surface area contributed by atoms with E-state index in [9.17, 15) is 0 Å². The van der Waals surface area contributed by atoms with E-state index in [2.05, 4.69) is 30.6 Å². The minimum absolute atomic E-state index is 0.802. The number of aryl methyl sites for hydroxylation is 2. The Kier molecular flexibility index (Phi) is 3.23. The van der Waals surface area contributed by atoms with Crippen LogP contribution in [0.4, 0.5) is 0 Å². The van der Waals surface area contributed by atoms with Gasteiger partial charge in [-0.2, -0.15) is 0 Å². The largest absolute Gasteiger partial charge is 0.468 e. The first-order valence-corrected chi connectivity index (χ1v) is 5.92. The molecule has 0 atom stereocenters. The predicted octanol–water partition coefficient (Wildman–Crippen LogP) is 3.25. The van der Waals surface area contributed by atoms with Crippen LogP contribution in [0, 0.1) is 13.8 Å². The van der Waals surface area contributed by atoms with Gasteiger partial charge in [0.15, 0.2) is 0 Å². The zero-order valence-corrected chi connectivity index (χ0v) is 9.86. The smallest absolute Gasteiger partial charge is 0.120 e. The molecule has 0 bridgehead atoms. The molecule has 0 spiro atoms. The first kappa shape index (κ1) is 10.5. The molecule has 2 nitrogen and oxygen atoms in total. The van der Waals surface area contributed by atoms with E-state index in [1.54, 1.807) is 17.6 Å². The highest BCUT2D eigenvalue weighted by Gasteiger charge is 2.02. The predicted molar refractivity (Wildman–Crippen MR) is 63.0 cm³/mol. The zero-order chi connectivity index (χ0) is 10.7. The third-order valence-electron chi connectivity index (χ3n) is 2.51. The van der Waals surface area contributed by atoms with Gasteiger partial charge in [0.1, 0.15) is 5.76 Å². The first-order valence-electron chi connectivity index (χ1n) is 5.04. The van der Waals surface area contributed by atoms with Crippen LogP contribution >= 0.6 is 11.3 Å². The standard InChI is InChI=1S/C12H15NOS/c1-9-3-5-14-11(9)7-13-8-12-10(2)4-6-15-12/h3-6,13H,7-8H2,1-2H3. The van der Waals surface area contributed by atoms with Crippen LogP contribution < -0.4 is 5.32 Å². The number of hydrogen-bond donors (Lipinski definition) is 1. The van der Waals surface area contributed by atoms with Crippen LogP contribution in [0.25, 0.3) is 0 Å². The van der Waals surface area contributed by atoms with Crippen molar-refractivity contribution in [2.24, 2.45) is 0 Å². The van der Waals surface area contributed by atoms with Gasteiger partial charge in [-0.25, -0.2) is 0 Å². The monoisotopic (exact) mass is 221 g/mol. The lowest BCUT2D eigenvalue weighted by atomic mass is 10.2. The summed E-state index contributed by atoms with van der Waals surface area (Å²) in [6.45, 7) is 5.93. The van der Waals surface area contributed by atoms with Crippen LogP contribution in [0.1, 0.15) is 21.8 Å². The maximum Gasteiger partial charge on any atom is 0.120 e. The minimum atomic E-state index is 0.802. The summed E-state index contributed by atoms with van der Waals surface area (Å²) in [6.07, 6.45) is 1.74. The Balaban J connectivity index is 1.86.